The van der Waals surface area contributed by atoms with E-state index in [2.05, 4.69) is 21.4 Å². The number of nitrogens with zero attached hydrogens (tertiary/aromatic N) is 2. The van der Waals surface area contributed by atoms with Gasteiger partial charge in [0.1, 0.15) is 5.82 Å². The number of hydrogen-bond donors (Lipinski definition) is 2. The summed E-state index contributed by atoms with van der Waals surface area (Å²) in [6, 6.07) is 22.3. The third-order valence-electron chi connectivity index (χ3n) is 11.4. The van der Waals surface area contributed by atoms with Crippen molar-refractivity contribution in [2.75, 3.05) is 24.5 Å². The molecule has 4 amide bonds. The second-order valence-corrected chi connectivity index (χ2v) is 15.4. The topological polar surface area (TPSA) is 125 Å². The Morgan fingerprint density at radius 2 is 1.55 bits per heavy atom. The van der Waals surface area contributed by atoms with Crippen molar-refractivity contribution < 1.29 is 38.1 Å². The van der Waals surface area contributed by atoms with E-state index in [9.17, 15) is 23.9 Å². The zero-order valence-corrected chi connectivity index (χ0v) is 31.9. The quantitative estimate of drug-likeness (QED) is 0.137. The van der Waals surface area contributed by atoms with Gasteiger partial charge in [-0.15, -0.1) is 0 Å². The van der Waals surface area contributed by atoms with Crippen LogP contribution in [0.5, 0.6) is 17.2 Å². The molecule has 4 aromatic rings. The average molecular weight is 827 g/mol. The number of ether oxygens (including phenoxy) is 2. The molecule has 2 aliphatic heterocycles. The molecule has 13 heteroatoms. The number of halogens is 3. The van der Waals surface area contributed by atoms with Crippen molar-refractivity contribution in [1.29, 1.82) is 0 Å². The fourth-order valence-corrected chi connectivity index (χ4v) is 9.35. The number of benzene rings is 4. The predicted molar refractivity (Wildman–Crippen MR) is 207 cm³/mol. The highest BCUT2D eigenvalue weighted by Gasteiger charge is 2.69. The van der Waals surface area contributed by atoms with Gasteiger partial charge in [-0.2, -0.15) is 5.01 Å². The van der Waals surface area contributed by atoms with E-state index in [0.29, 0.717) is 27.5 Å². The molecule has 0 spiro atoms. The average Bonchev–Trinajstić information content (AvgIpc) is 3.56. The highest BCUT2D eigenvalue weighted by Crippen LogP contribution is 2.62. The van der Waals surface area contributed by atoms with Crippen molar-refractivity contribution in [3.8, 4) is 17.2 Å². The number of nitrogens with one attached hydrogen (secondary N) is 1. The summed E-state index contributed by atoms with van der Waals surface area (Å²) in [5.74, 6) is -5.94. The van der Waals surface area contributed by atoms with Gasteiger partial charge in [0.25, 0.3) is 11.8 Å². The van der Waals surface area contributed by atoms with Crippen LogP contribution >= 0.6 is 27.5 Å². The number of imide groups is 2. The number of carbonyl (C=O) groups is 4. The first-order chi connectivity index (χ1) is 26.5. The fraction of sp³-hybridized carbons (Fsp3) is 0.238. The first-order valence-electron chi connectivity index (χ1n) is 17.6. The van der Waals surface area contributed by atoms with Crippen molar-refractivity contribution in [1.82, 2.24) is 5.01 Å². The molecule has 2 saturated heterocycles. The highest BCUT2D eigenvalue weighted by atomic mass is 79.9. The number of phenols is 1. The van der Waals surface area contributed by atoms with Gasteiger partial charge in [-0.3, -0.25) is 29.5 Å². The fourth-order valence-electron chi connectivity index (χ4n) is 8.96. The molecule has 55 heavy (non-hydrogen) atoms. The Balaban J connectivity index is 1.31. The maximum atomic E-state index is 15.2. The van der Waals surface area contributed by atoms with Crippen LogP contribution in [0.3, 0.4) is 0 Å². The first kappa shape index (κ1) is 36.5. The summed E-state index contributed by atoms with van der Waals surface area (Å²) < 4.78 is 25.5. The van der Waals surface area contributed by atoms with E-state index in [1.165, 1.54) is 43.4 Å². The van der Waals surface area contributed by atoms with E-state index in [0.717, 1.165) is 15.1 Å². The molecule has 280 valence electrons. The van der Waals surface area contributed by atoms with Crippen LogP contribution in [0, 0.1) is 35.4 Å². The van der Waals surface area contributed by atoms with Gasteiger partial charge < -0.3 is 14.6 Å². The molecule has 6 atom stereocenters. The van der Waals surface area contributed by atoms with E-state index < -0.39 is 52.6 Å². The van der Waals surface area contributed by atoms with Crippen molar-refractivity contribution in [2.24, 2.45) is 29.6 Å². The van der Waals surface area contributed by atoms with Gasteiger partial charge in [-0.1, -0.05) is 63.5 Å². The van der Waals surface area contributed by atoms with Crippen LogP contribution in [0.4, 0.5) is 15.8 Å². The monoisotopic (exact) mass is 825 g/mol. The minimum absolute atomic E-state index is 0.0974. The van der Waals surface area contributed by atoms with Crippen LogP contribution in [0.2, 0.25) is 5.02 Å². The first-order valence-corrected chi connectivity index (χ1v) is 18.8. The molecule has 6 unspecified atom stereocenters. The van der Waals surface area contributed by atoms with Crippen molar-refractivity contribution in [3.63, 3.8) is 0 Å². The smallest absolute Gasteiger partial charge is 0.260 e. The number of carbonyl (C=O) groups excluding carboxylic acids is 4. The summed E-state index contributed by atoms with van der Waals surface area (Å²) in [5, 5.41) is 12.0. The van der Waals surface area contributed by atoms with Crippen LogP contribution in [0.25, 0.3) is 6.08 Å². The molecule has 2 N–H and O–H groups in total. The lowest BCUT2D eigenvalue weighted by Crippen LogP contribution is -2.54. The molecule has 0 radical (unpaired) electrons. The summed E-state index contributed by atoms with van der Waals surface area (Å²) in [6.07, 6.45) is 5.91. The second kappa shape index (κ2) is 14.0. The summed E-state index contributed by atoms with van der Waals surface area (Å²) in [5.41, 5.74) is 4.03. The Labute approximate surface area is 329 Å². The number of fused-ring (bicyclic) bond motifs is 4. The number of hydrazine groups is 1. The minimum atomic E-state index is -1.54. The van der Waals surface area contributed by atoms with Crippen LogP contribution in [-0.2, 0) is 24.6 Å². The summed E-state index contributed by atoms with van der Waals surface area (Å²) >= 11 is 9.80. The Hall–Kier alpha value is -5.46. The van der Waals surface area contributed by atoms with Gasteiger partial charge in [0, 0.05) is 15.4 Å². The number of methoxy groups -OCH3 is 2. The van der Waals surface area contributed by atoms with Gasteiger partial charge in [-0.05, 0) is 103 Å². The molecule has 4 aromatic carbocycles. The van der Waals surface area contributed by atoms with Gasteiger partial charge in [0.15, 0.2) is 11.5 Å². The maximum absolute atomic E-state index is 15.2. The van der Waals surface area contributed by atoms with Gasteiger partial charge >= 0.3 is 0 Å². The van der Waals surface area contributed by atoms with Crippen molar-refractivity contribution in [3.05, 3.63) is 129 Å². The maximum Gasteiger partial charge on any atom is 0.260 e. The normalized spacial score (nSPS) is 25.8. The standard InChI is InChI=1S/C42H34BrClFN3O7/c1-54-34-19-22(20-35(55-2)37(34)49)3-18-32-29-16-17-30-36(40(52)47(38(30)50)28-14-6-24(43)7-15-28)31(29)21-33-39(51)48(46-27-12-10-26(45)11-13-27)41(53)42(32,33)23-4-8-25(44)9-5-23/h3-16,18-20,30-33,36,46,49H,17,21H2,1-2H3. The van der Waals surface area contributed by atoms with E-state index >= 15 is 4.79 Å². The minimum Gasteiger partial charge on any atom is -0.502 e. The zero-order chi connectivity index (χ0) is 38.8. The van der Waals surface area contributed by atoms with Crippen molar-refractivity contribution >= 4 is 68.6 Å². The summed E-state index contributed by atoms with van der Waals surface area (Å²) in [4.78, 5) is 59.8. The van der Waals surface area contributed by atoms with E-state index in [1.54, 1.807) is 66.7 Å². The number of rotatable bonds is 8. The lowest BCUT2D eigenvalue weighted by molar-refractivity contribution is -0.139. The molecular formula is C42H34BrClFN3O7. The summed E-state index contributed by atoms with van der Waals surface area (Å²) in [6.45, 7) is 0. The lowest BCUT2D eigenvalue weighted by Gasteiger charge is -2.49. The van der Waals surface area contributed by atoms with Gasteiger partial charge in [-0.25, -0.2) is 4.39 Å². The molecule has 8 rings (SSSR count). The van der Waals surface area contributed by atoms with Crippen LogP contribution in [0.1, 0.15) is 24.0 Å². The number of phenolic OH excluding ortho intramolecular Hbond substituents is 1. The largest absolute Gasteiger partial charge is 0.502 e. The van der Waals surface area contributed by atoms with Gasteiger partial charge in [0.05, 0.1) is 48.8 Å². The number of hydrogen-bond acceptors (Lipinski definition) is 8. The number of anilines is 2. The van der Waals surface area contributed by atoms with E-state index in [-0.39, 0.29) is 41.9 Å². The molecule has 10 nitrogen and oxygen atoms in total. The van der Waals surface area contributed by atoms with Gasteiger partial charge in [0.2, 0.25) is 17.6 Å². The Bertz CT molecular complexity index is 2270. The number of aromatic hydroxyl groups is 1. The lowest BCUT2D eigenvalue weighted by atomic mass is 9.50. The molecule has 3 fully saturated rings. The second-order valence-electron chi connectivity index (χ2n) is 14.0. The van der Waals surface area contributed by atoms with Crippen LogP contribution in [0.15, 0.2) is 107 Å². The van der Waals surface area contributed by atoms with E-state index in [4.69, 9.17) is 21.1 Å². The molecule has 0 bridgehead atoms. The molecule has 0 aromatic heterocycles. The third-order valence-corrected chi connectivity index (χ3v) is 12.2. The summed E-state index contributed by atoms with van der Waals surface area (Å²) in [7, 11) is 2.83. The molecule has 1 saturated carbocycles. The molecule has 2 heterocycles. The van der Waals surface area contributed by atoms with Crippen LogP contribution in [-0.4, -0.2) is 48.0 Å². The molecule has 2 aliphatic carbocycles. The Kier molecular flexibility index (Phi) is 9.29. The third kappa shape index (κ3) is 5.81. The molecule has 4 aliphatic rings. The molecular weight excluding hydrogens is 793 g/mol. The Morgan fingerprint density at radius 3 is 2.18 bits per heavy atom. The number of allylic oxidation sites excluding steroid dienone is 3. The highest BCUT2D eigenvalue weighted by molar-refractivity contribution is 9.10. The number of amides is 4. The van der Waals surface area contributed by atoms with Crippen LogP contribution < -0.4 is 19.8 Å². The zero-order valence-electron chi connectivity index (χ0n) is 29.5. The van der Waals surface area contributed by atoms with Crippen molar-refractivity contribution in [2.45, 2.75) is 18.3 Å². The Morgan fingerprint density at radius 1 is 0.891 bits per heavy atom. The predicted octanol–water partition coefficient (Wildman–Crippen LogP) is 7.70. The SMILES string of the molecule is COc1cc(C=CC2C3=CCC4C(=O)N(c5ccc(Br)cc5)C(=O)C4C3CC3C(=O)N(Nc4ccc(F)cc4)C(=O)C23c2ccc(Cl)cc2)cc(OC)c1O. The van der Waals surface area contributed by atoms with E-state index in [1.807, 2.05) is 12.2 Å².